The first-order valence-electron chi connectivity index (χ1n) is 11.0. The number of pyridine rings is 2. The molecule has 0 N–H and O–H groups in total. The van der Waals surface area contributed by atoms with Crippen LogP contribution in [0.1, 0.15) is 24.2 Å². The van der Waals surface area contributed by atoms with E-state index in [0.29, 0.717) is 12.2 Å². The van der Waals surface area contributed by atoms with Crippen molar-refractivity contribution in [3.63, 3.8) is 0 Å². The second kappa shape index (κ2) is 7.55. The monoisotopic (exact) mass is 411 g/mol. The van der Waals surface area contributed by atoms with Gasteiger partial charge in [-0.15, -0.1) is 0 Å². The van der Waals surface area contributed by atoms with E-state index < -0.39 is 0 Å². The number of fused-ring (bicyclic) bond motifs is 3. The number of hydrogen-bond donors (Lipinski definition) is 0. The van der Waals surface area contributed by atoms with Crippen LogP contribution in [0.2, 0.25) is 0 Å². The number of aryl methyl sites for hydroxylation is 1. The van der Waals surface area contributed by atoms with Crippen LogP contribution >= 0.6 is 0 Å². The van der Waals surface area contributed by atoms with Crippen LogP contribution in [0.4, 0.5) is 0 Å². The van der Waals surface area contributed by atoms with E-state index in [-0.39, 0.29) is 0 Å². The number of nitrogens with zero attached hydrogens (tertiary/aromatic N) is 5. The lowest BCUT2D eigenvalue weighted by Crippen LogP contribution is -2.41. The molecular weight excluding hydrogens is 386 g/mol. The van der Waals surface area contributed by atoms with Gasteiger partial charge < -0.3 is 4.74 Å². The van der Waals surface area contributed by atoms with E-state index in [9.17, 15) is 0 Å². The third-order valence-electron chi connectivity index (χ3n) is 6.37. The Morgan fingerprint density at radius 1 is 0.903 bits per heavy atom. The van der Waals surface area contributed by atoms with Crippen molar-refractivity contribution in [3.8, 4) is 16.9 Å². The van der Waals surface area contributed by atoms with E-state index in [0.717, 1.165) is 53.6 Å². The molecule has 0 aliphatic carbocycles. The Kier molecular flexibility index (Phi) is 4.55. The summed E-state index contributed by atoms with van der Waals surface area (Å²) in [6.45, 7) is 5.10. The summed E-state index contributed by atoms with van der Waals surface area (Å²) >= 11 is 0. The Morgan fingerprint density at radius 3 is 2.39 bits per heavy atom. The second-order valence-electron chi connectivity index (χ2n) is 8.59. The van der Waals surface area contributed by atoms with Gasteiger partial charge in [0.1, 0.15) is 11.3 Å². The van der Waals surface area contributed by atoms with Crippen LogP contribution in [-0.4, -0.2) is 49.7 Å². The number of hydrogen-bond acceptors (Lipinski definition) is 5. The molecule has 6 nitrogen and oxygen atoms in total. The quantitative estimate of drug-likeness (QED) is 0.505. The Balaban J connectivity index is 1.30. The molecule has 2 aliphatic heterocycles. The number of benzene rings is 1. The van der Waals surface area contributed by atoms with Crippen LogP contribution in [0.5, 0.6) is 0 Å². The summed E-state index contributed by atoms with van der Waals surface area (Å²) in [4.78, 5) is 16.3. The van der Waals surface area contributed by atoms with E-state index >= 15 is 0 Å². The topological polar surface area (TPSA) is 56.1 Å². The highest BCUT2D eigenvalue weighted by Gasteiger charge is 2.33. The molecule has 0 amide bonds. The summed E-state index contributed by atoms with van der Waals surface area (Å²) in [7, 11) is 0. The van der Waals surface area contributed by atoms with Crippen LogP contribution in [-0.2, 0) is 11.3 Å². The predicted molar refractivity (Wildman–Crippen MR) is 120 cm³/mol. The van der Waals surface area contributed by atoms with Gasteiger partial charge in [0.05, 0.1) is 17.9 Å². The highest BCUT2D eigenvalue weighted by Crippen LogP contribution is 2.28. The fourth-order valence-corrected chi connectivity index (χ4v) is 4.90. The number of ether oxygens (including phenoxy) is 1. The Morgan fingerprint density at radius 2 is 1.65 bits per heavy atom. The molecule has 5 heterocycles. The summed E-state index contributed by atoms with van der Waals surface area (Å²) in [5.41, 5.74) is 6.18. The van der Waals surface area contributed by atoms with Crippen molar-refractivity contribution >= 4 is 11.2 Å². The second-order valence-corrected chi connectivity index (χ2v) is 8.59. The first-order valence-corrected chi connectivity index (χ1v) is 11.0. The van der Waals surface area contributed by atoms with Gasteiger partial charge in [-0.1, -0.05) is 12.1 Å². The molecule has 2 bridgehead atoms. The van der Waals surface area contributed by atoms with Crippen molar-refractivity contribution in [2.45, 2.75) is 38.5 Å². The SMILES string of the molecule is Cc1nc2ccc(-c3ccncc3)nc2n1-c1ccc(CN2CC3CCC(C2)O3)cc1. The summed E-state index contributed by atoms with van der Waals surface area (Å²) in [5.74, 6) is 0.937. The van der Waals surface area contributed by atoms with Crippen molar-refractivity contribution in [2.24, 2.45) is 0 Å². The molecule has 2 fully saturated rings. The van der Waals surface area contributed by atoms with Crippen molar-refractivity contribution in [1.29, 1.82) is 0 Å². The normalized spacial score (nSPS) is 21.1. The number of rotatable bonds is 4. The Hall–Kier alpha value is -3.09. The van der Waals surface area contributed by atoms with Crippen molar-refractivity contribution in [2.75, 3.05) is 13.1 Å². The minimum absolute atomic E-state index is 0.429. The average molecular weight is 412 g/mol. The van der Waals surface area contributed by atoms with Crippen LogP contribution < -0.4 is 0 Å². The molecule has 4 aromatic rings. The lowest BCUT2D eigenvalue weighted by Gasteiger charge is -2.32. The number of imidazole rings is 1. The van der Waals surface area contributed by atoms with E-state index in [1.807, 2.05) is 31.2 Å². The molecule has 2 unspecified atom stereocenters. The summed E-state index contributed by atoms with van der Waals surface area (Å²) < 4.78 is 8.10. The first-order chi connectivity index (χ1) is 15.2. The molecule has 0 saturated carbocycles. The van der Waals surface area contributed by atoms with Gasteiger partial charge in [-0.3, -0.25) is 14.5 Å². The van der Waals surface area contributed by atoms with Crippen LogP contribution in [0, 0.1) is 6.92 Å². The van der Waals surface area contributed by atoms with Gasteiger partial charge in [0, 0.05) is 43.3 Å². The van der Waals surface area contributed by atoms with E-state index in [1.54, 1.807) is 12.4 Å². The molecule has 0 spiro atoms. The Bertz CT molecular complexity index is 1210. The third-order valence-corrected chi connectivity index (χ3v) is 6.37. The molecule has 2 atom stereocenters. The van der Waals surface area contributed by atoms with E-state index in [1.165, 1.54) is 18.4 Å². The number of aromatic nitrogens is 4. The highest BCUT2D eigenvalue weighted by molar-refractivity contribution is 5.78. The van der Waals surface area contributed by atoms with Gasteiger partial charge in [0.25, 0.3) is 0 Å². The largest absolute Gasteiger partial charge is 0.372 e. The molecule has 156 valence electrons. The molecule has 0 radical (unpaired) electrons. The molecule has 6 rings (SSSR count). The fraction of sp³-hybridized carbons (Fsp3) is 0.320. The molecule has 2 saturated heterocycles. The maximum absolute atomic E-state index is 5.97. The zero-order chi connectivity index (χ0) is 20.8. The predicted octanol–water partition coefficient (Wildman–Crippen LogP) is 4.15. The minimum atomic E-state index is 0.429. The molecule has 2 aliphatic rings. The van der Waals surface area contributed by atoms with Crippen molar-refractivity contribution < 1.29 is 4.74 Å². The van der Waals surface area contributed by atoms with Crippen molar-refractivity contribution in [1.82, 2.24) is 24.4 Å². The fourth-order valence-electron chi connectivity index (χ4n) is 4.90. The van der Waals surface area contributed by atoms with Crippen LogP contribution in [0.25, 0.3) is 28.1 Å². The molecular formula is C25H25N5O. The van der Waals surface area contributed by atoms with Gasteiger partial charge in [0.2, 0.25) is 0 Å². The van der Waals surface area contributed by atoms with E-state index in [2.05, 4.69) is 38.7 Å². The minimum Gasteiger partial charge on any atom is -0.372 e. The first kappa shape index (κ1) is 18.7. The smallest absolute Gasteiger partial charge is 0.165 e. The maximum Gasteiger partial charge on any atom is 0.165 e. The summed E-state index contributed by atoms with van der Waals surface area (Å²) in [5, 5.41) is 0. The number of morpholine rings is 1. The van der Waals surface area contributed by atoms with Crippen LogP contribution in [0.15, 0.2) is 60.9 Å². The third kappa shape index (κ3) is 3.52. The maximum atomic E-state index is 5.97. The molecule has 1 aromatic carbocycles. The molecule has 6 heteroatoms. The van der Waals surface area contributed by atoms with Gasteiger partial charge in [0.15, 0.2) is 5.65 Å². The zero-order valence-electron chi connectivity index (χ0n) is 17.6. The van der Waals surface area contributed by atoms with Gasteiger partial charge in [-0.05, 0) is 61.7 Å². The van der Waals surface area contributed by atoms with Gasteiger partial charge in [-0.2, -0.15) is 0 Å². The zero-order valence-corrected chi connectivity index (χ0v) is 17.6. The molecule has 3 aromatic heterocycles. The molecule has 31 heavy (non-hydrogen) atoms. The highest BCUT2D eigenvalue weighted by atomic mass is 16.5. The van der Waals surface area contributed by atoms with Gasteiger partial charge >= 0.3 is 0 Å². The number of likely N-dealkylation sites (tertiary alicyclic amines) is 1. The summed E-state index contributed by atoms with van der Waals surface area (Å²) in [6, 6.07) is 16.8. The lowest BCUT2D eigenvalue weighted by atomic mass is 10.1. The summed E-state index contributed by atoms with van der Waals surface area (Å²) in [6.07, 6.45) is 6.87. The lowest BCUT2D eigenvalue weighted by molar-refractivity contribution is -0.0410. The average Bonchev–Trinajstić information content (AvgIpc) is 3.32. The van der Waals surface area contributed by atoms with Crippen molar-refractivity contribution in [3.05, 3.63) is 72.3 Å². The van der Waals surface area contributed by atoms with E-state index in [4.69, 9.17) is 14.7 Å². The Labute approximate surface area is 181 Å². The standard InChI is InChI=1S/C25H25N5O/c1-17-27-24-9-8-23(19-10-12-26-13-11-19)28-25(24)30(17)20-4-2-18(3-5-20)14-29-15-21-6-7-22(16-29)31-21/h2-5,8-13,21-22H,6-7,14-16H2,1H3. The van der Waals surface area contributed by atoms with Gasteiger partial charge in [-0.25, -0.2) is 9.97 Å². The van der Waals surface area contributed by atoms with Crippen LogP contribution in [0.3, 0.4) is 0 Å².